The second-order valence-electron chi connectivity index (χ2n) is 8.60. The molecule has 7 nitrogen and oxygen atoms in total. The molecule has 0 radical (unpaired) electrons. The van der Waals surface area contributed by atoms with E-state index >= 15 is 0 Å². The lowest BCUT2D eigenvalue weighted by Gasteiger charge is -2.31. The Morgan fingerprint density at radius 1 is 0.971 bits per heavy atom. The molecule has 1 aliphatic heterocycles. The Hall–Kier alpha value is -3.95. The van der Waals surface area contributed by atoms with E-state index < -0.39 is 6.36 Å². The van der Waals surface area contributed by atoms with Crippen LogP contribution in [0.1, 0.15) is 19.8 Å². The van der Waals surface area contributed by atoms with E-state index in [2.05, 4.69) is 31.5 Å². The standard InChI is InChI=1S/C25H22F3N5O2/c1-16-9-11-32(12-10-16)21-13-22(30-14-29-21)33-15-31-23-19(3-2-4-20(23)24(33)34)17-5-7-18(8-6-17)35-25(26,27)28/h2-8,13-16H,9-12H2,1H3. The van der Waals surface area contributed by atoms with Crippen molar-refractivity contribution in [2.75, 3.05) is 18.0 Å². The van der Waals surface area contributed by atoms with Gasteiger partial charge in [-0.15, -0.1) is 13.2 Å². The normalized spacial score (nSPS) is 14.9. The minimum atomic E-state index is -4.76. The molecule has 0 saturated carbocycles. The van der Waals surface area contributed by atoms with Crippen molar-refractivity contribution in [1.82, 2.24) is 19.5 Å². The number of alkyl halides is 3. The molecule has 35 heavy (non-hydrogen) atoms. The van der Waals surface area contributed by atoms with E-state index in [0.29, 0.717) is 33.8 Å². The Morgan fingerprint density at radius 3 is 2.40 bits per heavy atom. The maximum Gasteiger partial charge on any atom is 0.573 e. The van der Waals surface area contributed by atoms with Crippen molar-refractivity contribution in [3.8, 4) is 22.7 Å². The van der Waals surface area contributed by atoms with Gasteiger partial charge in [0.1, 0.15) is 30.0 Å². The summed E-state index contributed by atoms with van der Waals surface area (Å²) in [6.07, 6.45) is 0.271. The summed E-state index contributed by atoms with van der Waals surface area (Å²) in [6.45, 7) is 4.04. The summed E-state index contributed by atoms with van der Waals surface area (Å²) >= 11 is 0. The number of para-hydroxylation sites is 1. The van der Waals surface area contributed by atoms with Gasteiger partial charge >= 0.3 is 6.36 Å². The van der Waals surface area contributed by atoms with Crippen molar-refractivity contribution in [3.05, 3.63) is 71.5 Å². The van der Waals surface area contributed by atoms with Gasteiger partial charge in [0.05, 0.1) is 10.9 Å². The van der Waals surface area contributed by atoms with Crippen LogP contribution in [0, 0.1) is 5.92 Å². The fraction of sp³-hybridized carbons (Fsp3) is 0.280. The Labute approximate surface area is 198 Å². The van der Waals surface area contributed by atoms with Crippen molar-refractivity contribution in [3.63, 3.8) is 0 Å². The Balaban J connectivity index is 1.49. The zero-order valence-electron chi connectivity index (χ0n) is 18.9. The van der Waals surface area contributed by atoms with Gasteiger partial charge in [-0.25, -0.2) is 15.0 Å². The Bertz CT molecular complexity index is 1410. The zero-order valence-corrected chi connectivity index (χ0v) is 18.9. The molecule has 0 bridgehead atoms. The number of halogens is 3. The molecule has 4 aromatic rings. The van der Waals surface area contributed by atoms with Crippen LogP contribution in [-0.4, -0.2) is 39.0 Å². The third-order valence-corrected chi connectivity index (χ3v) is 6.18. The van der Waals surface area contributed by atoms with Gasteiger partial charge in [0, 0.05) is 24.7 Å². The third-order valence-electron chi connectivity index (χ3n) is 6.18. The summed E-state index contributed by atoms with van der Waals surface area (Å²) in [4.78, 5) is 28.7. The van der Waals surface area contributed by atoms with Gasteiger partial charge in [0.2, 0.25) is 0 Å². The number of rotatable bonds is 4. The first-order valence-electron chi connectivity index (χ1n) is 11.2. The molecule has 0 amide bonds. The third kappa shape index (κ3) is 4.82. The molecule has 0 spiro atoms. The molecule has 2 aromatic carbocycles. The lowest BCUT2D eigenvalue weighted by molar-refractivity contribution is -0.274. The molecule has 5 rings (SSSR count). The lowest BCUT2D eigenvalue weighted by Crippen LogP contribution is -2.33. The molecule has 1 aliphatic rings. The van der Waals surface area contributed by atoms with Crippen LogP contribution in [0.25, 0.3) is 27.8 Å². The Kier molecular flexibility index (Phi) is 5.88. The quantitative estimate of drug-likeness (QED) is 0.410. The summed E-state index contributed by atoms with van der Waals surface area (Å²) in [5.74, 6) is 1.55. The van der Waals surface area contributed by atoms with Gasteiger partial charge in [-0.05, 0) is 42.5 Å². The number of hydrogen-bond acceptors (Lipinski definition) is 6. The number of ether oxygens (including phenoxy) is 1. The predicted octanol–water partition coefficient (Wildman–Crippen LogP) is 4.98. The molecule has 1 saturated heterocycles. The van der Waals surface area contributed by atoms with E-state index in [1.807, 2.05) is 0 Å². The summed E-state index contributed by atoms with van der Waals surface area (Å²) < 4.78 is 42.7. The second-order valence-corrected chi connectivity index (χ2v) is 8.60. The summed E-state index contributed by atoms with van der Waals surface area (Å²) in [6, 6.07) is 12.4. The first-order valence-corrected chi connectivity index (χ1v) is 11.2. The lowest BCUT2D eigenvalue weighted by atomic mass is 9.99. The van der Waals surface area contributed by atoms with Crippen molar-refractivity contribution < 1.29 is 17.9 Å². The maximum absolute atomic E-state index is 13.4. The molecule has 0 aliphatic carbocycles. The molecule has 10 heteroatoms. The van der Waals surface area contributed by atoms with Crippen LogP contribution in [0.5, 0.6) is 5.75 Å². The largest absolute Gasteiger partial charge is 0.573 e. The van der Waals surface area contributed by atoms with Crippen LogP contribution in [0.4, 0.5) is 19.0 Å². The summed E-state index contributed by atoms with van der Waals surface area (Å²) in [7, 11) is 0. The van der Waals surface area contributed by atoms with Gasteiger partial charge < -0.3 is 9.64 Å². The highest BCUT2D eigenvalue weighted by atomic mass is 19.4. The second kappa shape index (κ2) is 9.01. The minimum absolute atomic E-state index is 0.300. The topological polar surface area (TPSA) is 73.1 Å². The predicted molar refractivity (Wildman–Crippen MR) is 126 cm³/mol. The van der Waals surface area contributed by atoms with Crippen LogP contribution in [0.3, 0.4) is 0 Å². The summed E-state index contributed by atoms with van der Waals surface area (Å²) in [5.41, 5.74) is 1.37. The number of aromatic nitrogens is 4. The van der Waals surface area contributed by atoms with Crippen LogP contribution in [0.2, 0.25) is 0 Å². The van der Waals surface area contributed by atoms with Gasteiger partial charge in [-0.3, -0.25) is 9.36 Å². The van der Waals surface area contributed by atoms with Crippen molar-refractivity contribution >= 4 is 16.7 Å². The van der Waals surface area contributed by atoms with Crippen LogP contribution in [-0.2, 0) is 0 Å². The monoisotopic (exact) mass is 481 g/mol. The highest BCUT2D eigenvalue weighted by Gasteiger charge is 2.31. The summed E-state index contributed by atoms with van der Waals surface area (Å²) in [5, 5.41) is 0.368. The SMILES string of the molecule is CC1CCN(c2cc(-n3cnc4c(-c5ccc(OC(F)(F)F)cc5)cccc4c3=O)ncn2)CC1. The number of fused-ring (bicyclic) bond motifs is 1. The molecular weight excluding hydrogens is 459 g/mol. The van der Waals surface area contributed by atoms with Crippen LogP contribution >= 0.6 is 0 Å². The highest BCUT2D eigenvalue weighted by molar-refractivity contribution is 5.93. The number of hydrogen-bond donors (Lipinski definition) is 0. The van der Waals surface area contributed by atoms with Crippen LogP contribution in [0.15, 0.2) is 66.0 Å². The first kappa shape index (κ1) is 22.8. The number of nitrogens with zero attached hydrogens (tertiary/aromatic N) is 5. The van der Waals surface area contributed by atoms with Gasteiger partial charge in [0.25, 0.3) is 5.56 Å². The van der Waals surface area contributed by atoms with Gasteiger partial charge in [-0.1, -0.05) is 31.2 Å². The fourth-order valence-corrected chi connectivity index (χ4v) is 4.26. The molecule has 1 fully saturated rings. The van der Waals surface area contributed by atoms with Crippen molar-refractivity contribution in [1.29, 1.82) is 0 Å². The molecule has 180 valence electrons. The molecule has 0 atom stereocenters. The van der Waals surface area contributed by atoms with Crippen LogP contribution < -0.4 is 15.2 Å². The van der Waals surface area contributed by atoms with Gasteiger partial charge in [-0.2, -0.15) is 0 Å². The van der Waals surface area contributed by atoms with E-state index in [1.165, 1.54) is 41.5 Å². The molecular formula is C25H22F3N5O2. The number of anilines is 1. The van der Waals surface area contributed by atoms with E-state index in [-0.39, 0.29) is 11.3 Å². The average molecular weight is 481 g/mol. The Morgan fingerprint density at radius 2 is 1.69 bits per heavy atom. The molecule has 3 heterocycles. The highest BCUT2D eigenvalue weighted by Crippen LogP contribution is 2.30. The smallest absolute Gasteiger partial charge is 0.406 e. The maximum atomic E-state index is 13.4. The molecule has 0 N–H and O–H groups in total. The first-order chi connectivity index (χ1) is 16.8. The van der Waals surface area contributed by atoms with Gasteiger partial charge in [0.15, 0.2) is 0 Å². The van der Waals surface area contributed by atoms with E-state index in [1.54, 1.807) is 24.3 Å². The molecule has 0 unspecified atom stereocenters. The van der Waals surface area contributed by atoms with Crippen molar-refractivity contribution in [2.24, 2.45) is 5.92 Å². The van der Waals surface area contributed by atoms with E-state index in [9.17, 15) is 18.0 Å². The number of piperidine rings is 1. The van der Waals surface area contributed by atoms with Crippen molar-refractivity contribution in [2.45, 2.75) is 26.1 Å². The van der Waals surface area contributed by atoms with E-state index in [0.717, 1.165) is 31.7 Å². The molecule has 2 aromatic heterocycles. The fourth-order valence-electron chi connectivity index (χ4n) is 4.26. The van der Waals surface area contributed by atoms with E-state index in [4.69, 9.17) is 0 Å². The average Bonchev–Trinajstić information content (AvgIpc) is 2.84. The minimum Gasteiger partial charge on any atom is -0.406 e. The number of benzene rings is 2. The zero-order chi connectivity index (χ0) is 24.6.